The largest absolute Gasteiger partial charge is 0.508 e. The van der Waals surface area contributed by atoms with Crippen LogP contribution < -0.4 is 0 Å². The zero-order chi connectivity index (χ0) is 10.1. The third-order valence-electron chi connectivity index (χ3n) is 2.51. The first-order chi connectivity index (χ1) is 6.66. The highest BCUT2D eigenvalue weighted by Crippen LogP contribution is 2.24. The van der Waals surface area contributed by atoms with Crippen molar-refractivity contribution in [1.82, 2.24) is 0 Å². The van der Waals surface area contributed by atoms with Gasteiger partial charge in [0, 0.05) is 0 Å². The number of rotatable bonds is 1. The SMILES string of the molecule is CC(C)c1ccc2ccc(O)cc2c1. The van der Waals surface area contributed by atoms with E-state index >= 15 is 0 Å². The Morgan fingerprint density at radius 2 is 1.64 bits per heavy atom. The summed E-state index contributed by atoms with van der Waals surface area (Å²) in [7, 11) is 0. The number of phenols is 1. The van der Waals surface area contributed by atoms with Gasteiger partial charge in [-0.15, -0.1) is 0 Å². The van der Waals surface area contributed by atoms with Gasteiger partial charge in [-0.2, -0.15) is 0 Å². The molecule has 0 aliphatic carbocycles. The first kappa shape index (κ1) is 9.07. The molecule has 2 rings (SSSR count). The van der Waals surface area contributed by atoms with Crippen molar-refractivity contribution in [1.29, 1.82) is 0 Å². The highest BCUT2D eigenvalue weighted by Gasteiger charge is 2.00. The fourth-order valence-electron chi connectivity index (χ4n) is 1.61. The molecule has 0 bridgehead atoms. The van der Waals surface area contributed by atoms with Crippen LogP contribution in [0.25, 0.3) is 10.8 Å². The zero-order valence-corrected chi connectivity index (χ0v) is 8.49. The van der Waals surface area contributed by atoms with Crippen LogP contribution >= 0.6 is 0 Å². The number of hydrogen-bond donors (Lipinski definition) is 1. The highest BCUT2D eigenvalue weighted by molar-refractivity contribution is 5.84. The molecule has 72 valence electrons. The molecule has 0 heterocycles. The fraction of sp³-hybridized carbons (Fsp3) is 0.231. The van der Waals surface area contributed by atoms with Gasteiger partial charge in [-0.1, -0.05) is 38.1 Å². The summed E-state index contributed by atoms with van der Waals surface area (Å²) in [5.41, 5.74) is 1.31. The van der Waals surface area contributed by atoms with Gasteiger partial charge in [0.25, 0.3) is 0 Å². The maximum absolute atomic E-state index is 9.36. The average Bonchev–Trinajstić information content (AvgIpc) is 2.16. The number of benzene rings is 2. The summed E-state index contributed by atoms with van der Waals surface area (Å²) in [5.74, 6) is 0.861. The van der Waals surface area contributed by atoms with Gasteiger partial charge in [-0.3, -0.25) is 0 Å². The normalized spacial score (nSPS) is 11.1. The molecule has 0 radical (unpaired) electrons. The lowest BCUT2D eigenvalue weighted by molar-refractivity contribution is 0.476. The molecular formula is C13H14O. The van der Waals surface area contributed by atoms with Crippen molar-refractivity contribution in [2.45, 2.75) is 19.8 Å². The van der Waals surface area contributed by atoms with E-state index in [1.807, 2.05) is 6.07 Å². The Kier molecular flexibility index (Phi) is 2.16. The molecule has 14 heavy (non-hydrogen) atoms. The van der Waals surface area contributed by atoms with E-state index in [0.29, 0.717) is 11.7 Å². The second kappa shape index (κ2) is 3.33. The number of aromatic hydroxyl groups is 1. The van der Waals surface area contributed by atoms with Gasteiger partial charge in [0.2, 0.25) is 0 Å². The van der Waals surface area contributed by atoms with E-state index in [1.165, 1.54) is 10.9 Å². The van der Waals surface area contributed by atoms with E-state index in [2.05, 4.69) is 32.0 Å². The lowest BCUT2D eigenvalue weighted by Crippen LogP contribution is -1.86. The summed E-state index contributed by atoms with van der Waals surface area (Å²) >= 11 is 0. The lowest BCUT2D eigenvalue weighted by Gasteiger charge is -2.06. The van der Waals surface area contributed by atoms with E-state index in [9.17, 15) is 5.11 Å². The van der Waals surface area contributed by atoms with Crippen molar-refractivity contribution < 1.29 is 5.11 Å². The van der Waals surface area contributed by atoms with Crippen molar-refractivity contribution in [2.24, 2.45) is 0 Å². The molecule has 0 aliphatic rings. The van der Waals surface area contributed by atoms with Crippen LogP contribution in [0.3, 0.4) is 0 Å². The summed E-state index contributed by atoms with van der Waals surface area (Å²) in [6.45, 7) is 4.34. The molecule has 2 aromatic carbocycles. The molecule has 0 saturated carbocycles. The minimum Gasteiger partial charge on any atom is -0.508 e. The summed E-state index contributed by atoms with van der Waals surface area (Å²) in [6, 6.07) is 11.8. The molecular weight excluding hydrogens is 172 g/mol. The number of phenolic OH excluding ortho intramolecular Hbond substituents is 1. The maximum Gasteiger partial charge on any atom is 0.116 e. The molecule has 0 atom stereocenters. The molecule has 0 aliphatic heterocycles. The van der Waals surface area contributed by atoms with Crippen molar-refractivity contribution in [3.8, 4) is 5.75 Å². The maximum atomic E-state index is 9.36. The minimum absolute atomic E-state index is 0.332. The molecule has 0 aromatic heterocycles. The van der Waals surface area contributed by atoms with E-state index < -0.39 is 0 Å². The topological polar surface area (TPSA) is 20.2 Å². The van der Waals surface area contributed by atoms with E-state index in [1.54, 1.807) is 12.1 Å². The fourth-order valence-corrected chi connectivity index (χ4v) is 1.61. The third-order valence-corrected chi connectivity index (χ3v) is 2.51. The molecule has 2 aromatic rings. The van der Waals surface area contributed by atoms with Crippen LogP contribution in [-0.2, 0) is 0 Å². The van der Waals surface area contributed by atoms with Gasteiger partial charge < -0.3 is 5.11 Å². The van der Waals surface area contributed by atoms with Crippen LogP contribution in [0.1, 0.15) is 25.3 Å². The molecule has 1 heteroatoms. The van der Waals surface area contributed by atoms with Crippen molar-refractivity contribution in [2.75, 3.05) is 0 Å². The van der Waals surface area contributed by atoms with Gasteiger partial charge in [0.05, 0.1) is 0 Å². The third kappa shape index (κ3) is 1.58. The van der Waals surface area contributed by atoms with E-state index in [0.717, 1.165) is 5.39 Å². The molecule has 0 unspecified atom stereocenters. The average molecular weight is 186 g/mol. The van der Waals surface area contributed by atoms with Gasteiger partial charge in [-0.25, -0.2) is 0 Å². The van der Waals surface area contributed by atoms with Crippen LogP contribution in [0.2, 0.25) is 0 Å². The molecule has 0 fully saturated rings. The summed E-state index contributed by atoms with van der Waals surface area (Å²) < 4.78 is 0. The second-order valence-corrected chi connectivity index (χ2v) is 3.95. The van der Waals surface area contributed by atoms with Crippen LogP contribution in [0.15, 0.2) is 36.4 Å². The Labute approximate surface area is 84.0 Å². The Morgan fingerprint density at radius 1 is 0.929 bits per heavy atom. The lowest BCUT2D eigenvalue weighted by atomic mass is 9.99. The molecule has 0 saturated heterocycles. The zero-order valence-electron chi connectivity index (χ0n) is 8.49. The van der Waals surface area contributed by atoms with Crippen molar-refractivity contribution in [3.05, 3.63) is 42.0 Å². The van der Waals surface area contributed by atoms with Crippen molar-refractivity contribution >= 4 is 10.8 Å². The summed E-state index contributed by atoms with van der Waals surface area (Å²) in [4.78, 5) is 0. The standard InChI is InChI=1S/C13H14O/c1-9(2)11-4-3-10-5-6-13(14)8-12(10)7-11/h3-9,14H,1-2H3. The molecule has 0 spiro atoms. The monoisotopic (exact) mass is 186 g/mol. The van der Waals surface area contributed by atoms with Gasteiger partial charge in [0.15, 0.2) is 0 Å². The minimum atomic E-state index is 0.332. The predicted molar refractivity (Wildman–Crippen MR) is 59.7 cm³/mol. The van der Waals surface area contributed by atoms with Crippen LogP contribution in [0, 0.1) is 0 Å². The number of fused-ring (bicyclic) bond motifs is 1. The first-order valence-electron chi connectivity index (χ1n) is 4.89. The molecule has 1 N–H and O–H groups in total. The van der Waals surface area contributed by atoms with E-state index in [4.69, 9.17) is 0 Å². The van der Waals surface area contributed by atoms with Gasteiger partial charge >= 0.3 is 0 Å². The Balaban J connectivity index is 2.63. The van der Waals surface area contributed by atoms with E-state index in [-0.39, 0.29) is 0 Å². The number of hydrogen-bond acceptors (Lipinski definition) is 1. The molecule has 0 amide bonds. The predicted octanol–water partition coefficient (Wildman–Crippen LogP) is 3.67. The Hall–Kier alpha value is -1.50. The summed E-state index contributed by atoms with van der Waals surface area (Å²) in [5, 5.41) is 11.6. The summed E-state index contributed by atoms with van der Waals surface area (Å²) in [6.07, 6.45) is 0. The molecule has 1 nitrogen and oxygen atoms in total. The van der Waals surface area contributed by atoms with Crippen molar-refractivity contribution in [3.63, 3.8) is 0 Å². The second-order valence-electron chi connectivity index (χ2n) is 3.95. The quantitative estimate of drug-likeness (QED) is 0.720. The highest BCUT2D eigenvalue weighted by atomic mass is 16.3. The van der Waals surface area contributed by atoms with Crippen LogP contribution in [0.5, 0.6) is 5.75 Å². The van der Waals surface area contributed by atoms with Crippen LogP contribution in [-0.4, -0.2) is 5.11 Å². The first-order valence-corrected chi connectivity index (χ1v) is 4.89. The Morgan fingerprint density at radius 3 is 2.36 bits per heavy atom. The van der Waals surface area contributed by atoms with Crippen LogP contribution in [0.4, 0.5) is 0 Å². The van der Waals surface area contributed by atoms with Gasteiger partial charge in [-0.05, 0) is 34.4 Å². The van der Waals surface area contributed by atoms with Gasteiger partial charge in [0.1, 0.15) is 5.75 Å². The Bertz CT molecular complexity index is 458. The smallest absolute Gasteiger partial charge is 0.116 e.